The Labute approximate surface area is 207 Å². The second-order valence-electron chi connectivity index (χ2n) is 9.72. The second kappa shape index (κ2) is 9.00. The maximum absolute atomic E-state index is 13.6. The largest absolute Gasteiger partial charge is 0.497 e. The Morgan fingerprint density at radius 2 is 1.91 bits per heavy atom. The van der Waals surface area contributed by atoms with Crippen LogP contribution in [0.5, 0.6) is 5.75 Å². The molecule has 2 aliphatic rings. The van der Waals surface area contributed by atoms with E-state index in [-0.39, 0.29) is 22.6 Å². The van der Waals surface area contributed by atoms with Crippen LogP contribution < -0.4 is 15.6 Å². The van der Waals surface area contributed by atoms with Crippen molar-refractivity contribution in [3.8, 4) is 5.75 Å². The first-order valence-electron chi connectivity index (χ1n) is 11.4. The van der Waals surface area contributed by atoms with E-state index in [1.807, 2.05) is 30.3 Å². The molecule has 0 fully saturated rings. The van der Waals surface area contributed by atoms with Gasteiger partial charge in [-0.25, -0.2) is 9.37 Å². The van der Waals surface area contributed by atoms with Crippen LogP contribution in [0.25, 0.3) is 0 Å². The first-order chi connectivity index (χ1) is 16.7. The van der Waals surface area contributed by atoms with Crippen molar-refractivity contribution in [2.75, 3.05) is 12.4 Å². The Morgan fingerprint density at radius 3 is 2.63 bits per heavy atom. The van der Waals surface area contributed by atoms with Crippen LogP contribution in [0.2, 0.25) is 0 Å². The molecule has 1 aliphatic heterocycles. The minimum atomic E-state index is -0.519. The molecular weight excluding hydrogens is 465 g/mol. The number of Topliss-reactive ketones (excluding diaryl/α,β-unsaturated/α-hetero) is 1. The SMILES string of the molecule is COc1ccc(C2C3=C(CC(C)(C)CC3=O)Nc3nc(SCc4cccc(F)c4)[nH]c(=O)c32)cc1. The number of hydrogen-bond acceptors (Lipinski definition) is 6. The fourth-order valence-corrected chi connectivity index (χ4v) is 5.67. The lowest BCUT2D eigenvalue weighted by Gasteiger charge is -2.38. The zero-order valence-corrected chi connectivity index (χ0v) is 20.6. The predicted molar refractivity (Wildman–Crippen MR) is 134 cm³/mol. The number of anilines is 1. The number of nitrogens with zero attached hydrogens (tertiary/aromatic N) is 1. The molecular formula is C27H26FN3O3S. The summed E-state index contributed by atoms with van der Waals surface area (Å²) in [5.74, 6) is 0.835. The van der Waals surface area contributed by atoms with Gasteiger partial charge in [-0.05, 0) is 47.2 Å². The quantitative estimate of drug-likeness (QED) is 0.367. The average Bonchev–Trinajstić information content (AvgIpc) is 2.81. The summed E-state index contributed by atoms with van der Waals surface area (Å²) in [5.41, 5.74) is 3.02. The van der Waals surface area contributed by atoms with Crippen molar-refractivity contribution in [2.45, 2.75) is 43.5 Å². The summed E-state index contributed by atoms with van der Waals surface area (Å²) in [5, 5.41) is 3.76. The summed E-state index contributed by atoms with van der Waals surface area (Å²) in [4.78, 5) is 34.3. The number of benzene rings is 2. The zero-order chi connectivity index (χ0) is 24.7. The second-order valence-corrected chi connectivity index (χ2v) is 10.7. The van der Waals surface area contributed by atoms with Crippen molar-refractivity contribution in [2.24, 2.45) is 5.41 Å². The predicted octanol–water partition coefficient (Wildman–Crippen LogP) is 5.41. The van der Waals surface area contributed by atoms with Crippen LogP contribution in [0.4, 0.5) is 10.2 Å². The molecule has 5 rings (SSSR count). The molecule has 6 nitrogen and oxygen atoms in total. The molecule has 3 aromatic rings. The van der Waals surface area contributed by atoms with Gasteiger partial charge in [0.1, 0.15) is 17.4 Å². The van der Waals surface area contributed by atoms with Gasteiger partial charge in [-0.15, -0.1) is 0 Å². The molecule has 35 heavy (non-hydrogen) atoms. The number of methoxy groups -OCH3 is 1. The topological polar surface area (TPSA) is 84.1 Å². The van der Waals surface area contributed by atoms with Gasteiger partial charge in [0.05, 0.1) is 12.7 Å². The van der Waals surface area contributed by atoms with Crippen LogP contribution in [0, 0.1) is 11.2 Å². The number of aromatic amines is 1. The zero-order valence-electron chi connectivity index (χ0n) is 19.8. The van der Waals surface area contributed by atoms with Gasteiger partial charge in [-0.3, -0.25) is 9.59 Å². The molecule has 1 aromatic heterocycles. The standard InChI is InChI=1S/C27H26FN3O3S/c1-27(2)12-19-22(20(32)13-27)21(16-7-9-18(34-3)10-8-16)23-24(29-19)30-26(31-25(23)33)35-14-15-5-4-6-17(28)11-15/h4-11,21H,12-14H2,1-3H3,(H2,29,30,31,33). The van der Waals surface area contributed by atoms with E-state index in [9.17, 15) is 14.0 Å². The Bertz CT molecular complexity index is 1400. The van der Waals surface area contributed by atoms with Gasteiger partial charge >= 0.3 is 0 Å². The van der Waals surface area contributed by atoms with Crippen LogP contribution in [0.15, 0.2) is 69.8 Å². The highest BCUT2D eigenvalue weighted by Crippen LogP contribution is 2.47. The molecule has 0 amide bonds. The van der Waals surface area contributed by atoms with E-state index in [2.05, 4.69) is 24.1 Å². The Morgan fingerprint density at radius 1 is 1.14 bits per heavy atom. The molecule has 0 radical (unpaired) electrons. The lowest BCUT2D eigenvalue weighted by Crippen LogP contribution is -2.37. The van der Waals surface area contributed by atoms with E-state index in [1.165, 1.54) is 23.9 Å². The maximum atomic E-state index is 13.6. The van der Waals surface area contributed by atoms with Gasteiger partial charge in [-0.1, -0.05) is 49.9 Å². The minimum Gasteiger partial charge on any atom is -0.497 e. The third-order valence-electron chi connectivity index (χ3n) is 6.41. The van der Waals surface area contributed by atoms with Gasteiger partial charge in [0.25, 0.3) is 5.56 Å². The Hall–Kier alpha value is -3.39. The smallest absolute Gasteiger partial charge is 0.257 e. The van der Waals surface area contributed by atoms with E-state index in [4.69, 9.17) is 9.72 Å². The molecule has 180 valence electrons. The van der Waals surface area contributed by atoms with Crippen LogP contribution in [0.1, 0.15) is 49.3 Å². The van der Waals surface area contributed by atoms with E-state index < -0.39 is 5.92 Å². The molecule has 0 bridgehead atoms. The number of thioether (sulfide) groups is 1. The number of allylic oxidation sites excluding steroid dienone is 2. The van der Waals surface area contributed by atoms with E-state index in [1.54, 1.807) is 13.2 Å². The molecule has 2 aromatic carbocycles. The lowest BCUT2D eigenvalue weighted by atomic mass is 9.69. The van der Waals surface area contributed by atoms with Crippen molar-refractivity contribution >= 4 is 23.4 Å². The van der Waals surface area contributed by atoms with Crippen molar-refractivity contribution in [1.82, 2.24) is 9.97 Å². The first kappa shape index (κ1) is 23.4. The molecule has 1 atom stereocenters. The van der Waals surface area contributed by atoms with Crippen LogP contribution in [-0.4, -0.2) is 22.9 Å². The molecule has 8 heteroatoms. The number of H-pyrrole nitrogens is 1. The summed E-state index contributed by atoms with van der Waals surface area (Å²) in [6, 6.07) is 13.8. The highest BCUT2D eigenvalue weighted by molar-refractivity contribution is 7.98. The van der Waals surface area contributed by atoms with Crippen molar-refractivity contribution in [1.29, 1.82) is 0 Å². The van der Waals surface area contributed by atoms with Crippen LogP contribution >= 0.6 is 11.8 Å². The Balaban J connectivity index is 1.57. The molecule has 0 spiro atoms. The molecule has 0 saturated heterocycles. The number of carbonyl (C=O) groups is 1. The third kappa shape index (κ3) is 4.62. The van der Waals surface area contributed by atoms with E-state index >= 15 is 0 Å². The summed E-state index contributed by atoms with van der Waals surface area (Å²) in [6.07, 6.45) is 1.10. The van der Waals surface area contributed by atoms with Crippen LogP contribution in [0.3, 0.4) is 0 Å². The molecule has 1 aliphatic carbocycles. The highest BCUT2D eigenvalue weighted by atomic mass is 32.2. The van der Waals surface area contributed by atoms with Crippen molar-refractivity contribution in [3.63, 3.8) is 0 Å². The Kier molecular flexibility index (Phi) is 6.01. The fourth-order valence-electron chi connectivity index (χ4n) is 4.87. The number of halogens is 1. The summed E-state index contributed by atoms with van der Waals surface area (Å²) < 4.78 is 18.8. The number of fused-ring (bicyclic) bond motifs is 1. The molecule has 1 unspecified atom stereocenters. The number of ether oxygens (including phenoxy) is 1. The number of ketones is 1. The van der Waals surface area contributed by atoms with E-state index in [0.717, 1.165) is 16.8 Å². The third-order valence-corrected chi connectivity index (χ3v) is 7.36. The minimum absolute atomic E-state index is 0.0409. The number of hydrogen-bond donors (Lipinski definition) is 2. The maximum Gasteiger partial charge on any atom is 0.257 e. The van der Waals surface area contributed by atoms with Gasteiger partial charge < -0.3 is 15.0 Å². The molecule has 0 saturated carbocycles. The fraction of sp³-hybridized carbons (Fsp3) is 0.296. The van der Waals surface area contributed by atoms with Gasteiger partial charge in [0.2, 0.25) is 0 Å². The van der Waals surface area contributed by atoms with Crippen molar-refractivity contribution in [3.05, 3.63) is 92.7 Å². The number of rotatable bonds is 5. The monoisotopic (exact) mass is 491 g/mol. The average molecular weight is 492 g/mol. The summed E-state index contributed by atoms with van der Waals surface area (Å²) in [7, 11) is 1.60. The van der Waals surface area contributed by atoms with Gasteiger partial charge in [0, 0.05) is 29.4 Å². The lowest BCUT2D eigenvalue weighted by molar-refractivity contribution is -0.118. The van der Waals surface area contributed by atoms with Crippen molar-refractivity contribution < 1.29 is 13.9 Å². The number of aromatic nitrogens is 2. The highest BCUT2D eigenvalue weighted by Gasteiger charge is 2.42. The molecule has 2 heterocycles. The van der Waals surface area contributed by atoms with E-state index in [0.29, 0.717) is 46.5 Å². The van der Waals surface area contributed by atoms with Gasteiger partial charge in [0.15, 0.2) is 10.9 Å². The van der Waals surface area contributed by atoms with Gasteiger partial charge in [-0.2, -0.15) is 0 Å². The first-order valence-corrected chi connectivity index (χ1v) is 12.4. The molecule has 2 N–H and O–H groups in total. The van der Waals surface area contributed by atoms with Crippen LogP contribution in [-0.2, 0) is 10.5 Å². The summed E-state index contributed by atoms with van der Waals surface area (Å²) in [6.45, 7) is 4.14. The number of nitrogens with one attached hydrogen (secondary N) is 2. The normalized spacial score (nSPS) is 18.5. The summed E-state index contributed by atoms with van der Waals surface area (Å²) >= 11 is 1.33. The number of carbonyl (C=O) groups excluding carboxylic acids is 1.